The van der Waals surface area contributed by atoms with Gasteiger partial charge in [0.05, 0.1) is 4.88 Å². The van der Waals surface area contributed by atoms with Crippen LogP contribution in [0.15, 0.2) is 17.5 Å². The fraction of sp³-hybridized carbons (Fsp3) is 0.533. The molecule has 2 aliphatic rings. The number of carbonyl (C=O) groups excluding carboxylic acids is 1. The van der Waals surface area contributed by atoms with Crippen LogP contribution in [0.5, 0.6) is 0 Å². The van der Waals surface area contributed by atoms with E-state index in [9.17, 15) is 4.79 Å². The van der Waals surface area contributed by atoms with Crippen molar-refractivity contribution in [1.29, 1.82) is 0 Å². The molecule has 3 atom stereocenters. The molecule has 1 nitrogen and oxygen atoms in total. The molecule has 2 saturated carbocycles. The summed E-state index contributed by atoms with van der Waals surface area (Å²) in [6, 6.07) is 4.22. The van der Waals surface area contributed by atoms with Gasteiger partial charge in [0.15, 0.2) is 5.78 Å². The maximum atomic E-state index is 12.4. The predicted octanol–water partition coefficient (Wildman–Crippen LogP) is 4.97. The van der Waals surface area contributed by atoms with Gasteiger partial charge in [-0.15, -0.1) is 22.7 Å². The van der Waals surface area contributed by atoms with Gasteiger partial charge in [-0.1, -0.05) is 6.42 Å². The Morgan fingerprint density at radius 1 is 1.28 bits per heavy atom. The summed E-state index contributed by atoms with van der Waals surface area (Å²) in [4.78, 5) is 13.3. The van der Waals surface area contributed by atoms with E-state index in [0.717, 1.165) is 23.1 Å². The minimum atomic E-state index is 0.390. The van der Waals surface area contributed by atoms with Crippen molar-refractivity contribution in [3.8, 4) is 0 Å². The van der Waals surface area contributed by atoms with E-state index in [1.54, 1.807) is 22.7 Å². The molecule has 2 fully saturated rings. The van der Waals surface area contributed by atoms with E-state index in [2.05, 4.69) is 17.5 Å². The van der Waals surface area contributed by atoms with Gasteiger partial charge in [0.1, 0.15) is 0 Å². The summed E-state index contributed by atoms with van der Waals surface area (Å²) in [6.07, 6.45) is 6.31. The molecule has 0 N–H and O–H groups in total. The molecule has 3 heteroatoms. The highest BCUT2D eigenvalue weighted by molar-refractivity contribution is 7.27. The van der Waals surface area contributed by atoms with Crippen LogP contribution in [0.4, 0.5) is 0 Å². The third-order valence-electron chi connectivity index (χ3n) is 4.75. The molecule has 0 radical (unpaired) electrons. The molecule has 0 aromatic carbocycles. The third-order valence-corrected chi connectivity index (χ3v) is 6.88. The lowest BCUT2D eigenvalue weighted by molar-refractivity contribution is 0.0948. The average molecular weight is 276 g/mol. The van der Waals surface area contributed by atoms with Gasteiger partial charge < -0.3 is 0 Å². The van der Waals surface area contributed by atoms with Gasteiger partial charge in [-0.25, -0.2) is 0 Å². The van der Waals surface area contributed by atoms with Gasteiger partial charge >= 0.3 is 0 Å². The first kappa shape index (κ1) is 11.2. The Bertz CT molecular complexity index is 566. The van der Waals surface area contributed by atoms with Crippen LogP contribution in [-0.2, 0) is 0 Å². The third kappa shape index (κ3) is 1.76. The van der Waals surface area contributed by atoms with Crippen LogP contribution in [-0.4, -0.2) is 5.78 Å². The van der Waals surface area contributed by atoms with Crippen molar-refractivity contribution in [3.05, 3.63) is 22.4 Å². The zero-order valence-electron chi connectivity index (χ0n) is 10.2. The van der Waals surface area contributed by atoms with E-state index in [1.165, 1.54) is 35.1 Å². The van der Waals surface area contributed by atoms with Gasteiger partial charge in [-0.3, -0.25) is 4.79 Å². The summed E-state index contributed by atoms with van der Waals surface area (Å²) in [7, 11) is 0. The molecule has 2 bridgehead atoms. The summed E-state index contributed by atoms with van der Waals surface area (Å²) in [5.74, 6) is 2.89. The van der Waals surface area contributed by atoms with Crippen LogP contribution >= 0.6 is 22.7 Å². The lowest BCUT2D eigenvalue weighted by atomic mass is 9.85. The van der Waals surface area contributed by atoms with Crippen LogP contribution in [0.25, 0.3) is 9.40 Å². The lowest BCUT2D eigenvalue weighted by Gasteiger charge is -2.20. The second-order valence-corrected chi connectivity index (χ2v) is 7.85. The Balaban J connectivity index is 1.51. The quantitative estimate of drug-likeness (QED) is 0.723. The second-order valence-electron chi connectivity index (χ2n) is 5.82. The standard InChI is InChI=1S/C15H16OS2/c16-12(7-11-6-9-1-2-10(11)5-9)14-8-15-13(18-14)3-4-17-15/h3-4,8-11H,1-2,5-7H2. The number of rotatable bonds is 3. The van der Waals surface area contributed by atoms with Crippen molar-refractivity contribution < 1.29 is 4.79 Å². The number of hydrogen-bond acceptors (Lipinski definition) is 3. The maximum absolute atomic E-state index is 12.4. The van der Waals surface area contributed by atoms with Crippen molar-refractivity contribution in [3.63, 3.8) is 0 Å². The smallest absolute Gasteiger partial charge is 0.173 e. The van der Waals surface area contributed by atoms with E-state index in [1.807, 2.05) is 0 Å². The summed E-state index contributed by atoms with van der Waals surface area (Å²) in [6.45, 7) is 0. The molecule has 0 saturated heterocycles. The Kier molecular flexibility index (Phi) is 2.59. The molecule has 2 aromatic rings. The van der Waals surface area contributed by atoms with Crippen LogP contribution in [0.2, 0.25) is 0 Å². The second kappa shape index (κ2) is 4.17. The summed E-state index contributed by atoms with van der Waals surface area (Å²) in [5, 5.41) is 2.10. The van der Waals surface area contributed by atoms with Crippen molar-refractivity contribution in [2.75, 3.05) is 0 Å². The molecule has 18 heavy (non-hydrogen) atoms. The predicted molar refractivity (Wildman–Crippen MR) is 77.6 cm³/mol. The first-order chi connectivity index (χ1) is 8.79. The maximum Gasteiger partial charge on any atom is 0.173 e. The highest BCUT2D eigenvalue weighted by Gasteiger charge is 2.40. The number of thiophene rings is 2. The van der Waals surface area contributed by atoms with Crippen molar-refractivity contribution in [2.24, 2.45) is 17.8 Å². The minimum Gasteiger partial charge on any atom is -0.293 e. The number of fused-ring (bicyclic) bond motifs is 3. The number of carbonyl (C=O) groups is 1. The molecule has 0 aliphatic heterocycles. The molecular weight excluding hydrogens is 260 g/mol. The van der Waals surface area contributed by atoms with Crippen LogP contribution in [0.3, 0.4) is 0 Å². The Hall–Kier alpha value is -0.670. The van der Waals surface area contributed by atoms with Gasteiger partial charge in [0, 0.05) is 15.8 Å². The molecule has 0 spiro atoms. The highest BCUT2D eigenvalue weighted by Crippen LogP contribution is 2.50. The summed E-state index contributed by atoms with van der Waals surface area (Å²) in [5.41, 5.74) is 0. The lowest BCUT2D eigenvalue weighted by Crippen LogP contribution is -2.14. The van der Waals surface area contributed by atoms with Gasteiger partial charge in [0.25, 0.3) is 0 Å². The Labute approximate surface area is 115 Å². The number of ketones is 1. The molecule has 3 unspecified atom stereocenters. The van der Waals surface area contributed by atoms with E-state index in [4.69, 9.17) is 0 Å². The first-order valence-corrected chi connectivity index (χ1v) is 8.49. The van der Waals surface area contributed by atoms with E-state index >= 15 is 0 Å². The Morgan fingerprint density at radius 2 is 2.22 bits per heavy atom. The van der Waals surface area contributed by atoms with Crippen molar-refractivity contribution in [1.82, 2.24) is 0 Å². The molecule has 4 rings (SSSR count). The van der Waals surface area contributed by atoms with Crippen LogP contribution in [0, 0.1) is 17.8 Å². The SMILES string of the molecule is O=C(CC1CC2CCC1C2)c1cc2sccc2s1. The van der Waals surface area contributed by atoms with Crippen LogP contribution < -0.4 is 0 Å². The highest BCUT2D eigenvalue weighted by atomic mass is 32.1. The Morgan fingerprint density at radius 3 is 2.94 bits per heavy atom. The molecule has 94 valence electrons. The van der Waals surface area contributed by atoms with Crippen molar-refractivity contribution >= 4 is 37.9 Å². The molecule has 2 heterocycles. The largest absolute Gasteiger partial charge is 0.293 e. The fourth-order valence-electron chi connectivity index (χ4n) is 3.87. The molecular formula is C15H16OS2. The molecule has 2 aromatic heterocycles. The molecule has 0 amide bonds. The fourth-order valence-corrected chi connectivity index (χ4v) is 5.93. The first-order valence-electron chi connectivity index (χ1n) is 6.80. The van der Waals surface area contributed by atoms with Gasteiger partial charge in [-0.2, -0.15) is 0 Å². The molecule has 2 aliphatic carbocycles. The van der Waals surface area contributed by atoms with Crippen LogP contribution in [0.1, 0.15) is 41.8 Å². The monoisotopic (exact) mass is 276 g/mol. The van der Waals surface area contributed by atoms with E-state index in [0.29, 0.717) is 11.7 Å². The van der Waals surface area contributed by atoms with E-state index in [-0.39, 0.29) is 0 Å². The minimum absolute atomic E-state index is 0.390. The van der Waals surface area contributed by atoms with Crippen molar-refractivity contribution in [2.45, 2.75) is 32.1 Å². The normalized spacial score (nSPS) is 30.3. The zero-order valence-corrected chi connectivity index (χ0v) is 11.9. The summed E-state index contributed by atoms with van der Waals surface area (Å²) >= 11 is 3.41. The topological polar surface area (TPSA) is 17.1 Å². The summed E-state index contributed by atoms with van der Waals surface area (Å²) < 4.78 is 2.55. The number of hydrogen-bond donors (Lipinski definition) is 0. The van der Waals surface area contributed by atoms with E-state index < -0.39 is 0 Å². The average Bonchev–Trinajstić information content (AvgIpc) is 3.08. The zero-order chi connectivity index (χ0) is 12.1. The van der Waals surface area contributed by atoms with Gasteiger partial charge in [0.2, 0.25) is 0 Å². The number of Topliss-reactive ketones (excluding diaryl/α,β-unsaturated/α-hetero) is 1. The van der Waals surface area contributed by atoms with Gasteiger partial charge in [-0.05, 0) is 54.5 Å².